The number of carbonyl (C=O) groups is 1. The topological polar surface area (TPSA) is 74.8 Å². The third-order valence-corrected chi connectivity index (χ3v) is 9.45. The molecule has 1 aliphatic rings. The fourth-order valence-electron chi connectivity index (χ4n) is 6.16. The summed E-state index contributed by atoms with van der Waals surface area (Å²) in [5.41, 5.74) is 5.09. The van der Waals surface area contributed by atoms with Crippen LogP contribution in [0.25, 0.3) is 22.7 Å². The van der Waals surface area contributed by atoms with Gasteiger partial charge in [0.05, 0.1) is 35.1 Å². The normalized spacial score (nSPS) is 14.6. The Labute approximate surface area is 286 Å². The summed E-state index contributed by atoms with van der Waals surface area (Å²) in [5.74, 6) is 0.185. The van der Waals surface area contributed by atoms with Crippen LogP contribution < -0.4 is 19.6 Å². The molecular weight excluding hydrogens is 642 g/mol. The Morgan fingerprint density at radius 2 is 1.71 bits per heavy atom. The average molecular weight is 674 g/mol. The van der Waals surface area contributed by atoms with Crippen LogP contribution in [0, 0.1) is 0 Å². The van der Waals surface area contributed by atoms with Gasteiger partial charge in [0, 0.05) is 39.8 Å². The number of thiazole rings is 1. The minimum Gasteiger partial charge on any atom is -0.494 e. The van der Waals surface area contributed by atoms with Crippen LogP contribution in [-0.4, -0.2) is 28.3 Å². The van der Waals surface area contributed by atoms with Crippen molar-refractivity contribution in [3.05, 3.63) is 162 Å². The van der Waals surface area contributed by atoms with E-state index in [9.17, 15) is 9.59 Å². The highest BCUT2D eigenvalue weighted by Gasteiger charge is 2.35. The molecule has 4 aromatic carbocycles. The van der Waals surface area contributed by atoms with Crippen LogP contribution >= 0.6 is 22.9 Å². The van der Waals surface area contributed by atoms with Gasteiger partial charge in [-0.2, -0.15) is 0 Å². The van der Waals surface area contributed by atoms with E-state index in [0.29, 0.717) is 44.5 Å². The van der Waals surface area contributed by atoms with E-state index in [1.165, 1.54) is 11.3 Å². The van der Waals surface area contributed by atoms with Crippen molar-refractivity contribution in [3.63, 3.8) is 0 Å². The SMILES string of the molecule is CCOC(=O)C1=C(c2ccccc2)N=c2s/c(=C\c3cn(Cc4cccc(Cl)c4)c4ccccc34)c(=O)n2[C@@H]1c1ccc(OCC)cc1. The predicted octanol–water partition coefficient (Wildman–Crippen LogP) is 6.99. The van der Waals surface area contributed by atoms with E-state index in [0.717, 1.165) is 33.2 Å². The summed E-state index contributed by atoms with van der Waals surface area (Å²) in [7, 11) is 0. The van der Waals surface area contributed by atoms with Gasteiger partial charge < -0.3 is 14.0 Å². The highest BCUT2D eigenvalue weighted by molar-refractivity contribution is 7.07. The largest absolute Gasteiger partial charge is 0.494 e. The van der Waals surface area contributed by atoms with Crippen molar-refractivity contribution in [2.75, 3.05) is 13.2 Å². The Morgan fingerprint density at radius 3 is 2.46 bits per heavy atom. The number of esters is 1. The molecule has 0 bridgehead atoms. The molecule has 0 radical (unpaired) electrons. The minimum atomic E-state index is -0.766. The minimum absolute atomic E-state index is 0.185. The Morgan fingerprint density at radius 1 is 0.938 bits per heavy atom. The summed E-state index contributed by atoms with van der Waals surface area (Å²) < 4.78 is 15.6. The van der Waals surface area contributed by atoms with Crippen LogP contribution in [-0.2, 0) is 16.1 Å². The van der Waals surface area contributed by atoms with Gasteiger partial charge in [0.15, 0.2) is 4.80 Å². The molecule has 1 aliphatic heterocycles. The molecular formula is C39H32ClN3O4S. The van der Waals surface area contributed by atoms with Gasteiger partial charge in [-0.25, -0.2) is 9.79 Å². The van der Waals surface area contributed by atoms with E-state index in [2.05, 4.69) is 22.9 Å². The van der Waals surface area contributed by atoms with Gasteiger partial charge >= 0.3 is 5.97 Å². The first kappa shape index (κ1) is 31.4. The molecule has 0 amide bonds. The van der Waals surface area contributed by atoms with Crippen LogP contribution in [0.2, 0.25) is 5.02 Å². The Kier molecular flexibility index (Phi) is 8.84. The second-order valence-corrected chi connectivity index (χ2v) is 12.7. The number of rotatable bonds is 9. The van der Waals surface area contributed by atoms with Gasteiger partial charge in [-0.15, -0.1) is 0 Å². The van der Waals surface area contributed by atoms with Crippen LogP contribution in [0.3, 0.4) is 0 Å². The van der Waals surface area contributed by atoms with Crippen molar-refractivity contribution in [3.8, 4) is 5.75 Å². The number of fused-ring (bicyclic) bond motifs is 2. The number of hydrogen-bond donors (Lipinski definition) is 0. The molecule has 0 unspecified atom stereocenters. The van der Waals surface area contributed by atoms with Crippen molar-refractivity contribution in [1.29, 1.82) is 0 Å². The fraction of sp³-hybridized carbons (Fsp3) is 0.154. The van der Waals surface area contributed by atoms with Gasteiger partial charge in [-0.05, 0) is 61.4 Å². The lowest BCUT2D eigenvalue weighted by atomic mass is 9.93. The van der Waals surface area contributed by atoms with Gasteiger partial charge in [0.1, 0.15) is 5.75 Å². The Balaban J connectivity index is 1.44. The van der Waals surface area contributed by atoms with Crippen molar-refractivity contribution in [1.82, 2.24) is 9.13 Å². The van der Waals surface area contributed by atoms with Crippen molar-refractivity contribution in [2.45, 2.75) is 26.4 Å². The molecule has 1 atom stereocenters. The second kappa shape index (κ2) is 13.5. The van der Waals surface area contributed by atoms with Crippen LogP contribution in [0.5, 0.6) is 5.75 Å². The Hall–Kier alpha value is -5.18. The van der Waals surface area contributed by atoms with Gasteiger partial charge in [0.2, 0.25) is 0 Å². The molecule has 0 saturated heterocycles. The first-order valence-electron chi connectivity index (χ1n) is 15.8. The number of ether oxygens (including phenoxy) is 2. The van der Waals surface area contributed by atoms with Crippen molar-refractivity contribution in [2.24, 2.45) is 4.99 Å². The summed E-state index contributed by atoms with van der Waals surface area (Å²) in [6.45, 7) is 5.02. The zero-order valence-corrected chi connectivity index (χ0v) is 28.0. The molecule has 0 N–H and O–H groups in total. The molecule has 0 spiro atoms. The van der Waals surface area contributed by atoms with Gasteiger partial charge in [-0.3, -0.25) is 9.36 Å². The molecule has 9 heteroatoms. The van der Waals surface area contributed by atoms with Crippen LogP contribution in [0.4, 0.5) is 0 Å². The van der Waals surface area contributed by atoms with E-state index in [1.54, 1.807) is 11.5 Å². The number of hydrogen-bond acceptors (Lipinski definition) is 6. The highest BCUT2D eigenvalue weighted by Crippen LogP contribution is 2.36. The van der Waals surface area contributed by atoms with Crippen LogP contribution in [0.1, 0.15) is 42.1 Å². The number of carbonyl (C=O) groups excluding carboxylic acids is 1. The van der Waals surface area contributed by atoms with E-state index in [1.807, 2.05) is 104 Å². The summed E-state index contributed by atoms with van der Waals surface area (Å²) >= 11 is 7.59. The van der Waals surface area contributed by atoms with Gasteiger partial charge in [0.25, 0.3) is 5.56 Å². The summed E-state index contributed by atoms with van der Waals surface area (Å²) in [4.78, 5) is 33.7. The number of benzene rings is 4. The standard InChI is InChI=1S/C39H32ClN3O4S/c1-3-46-30-19-17-27(18-20-30)36-34(38(45)47-4-2)35(26-12-6-5-7-13-26)41-39-43(36)37(44)33(48-39)22-28-24-42(32-16-9-8-15-31(28)32)23-25-11-10-14-29(40)21-25/h5-22,24,36H,3-4,23H2,1-2H3/b33-22-/t36-/m1/s1. The molecule has 48 heavy (non-hydrogen) atoms. The quantitative estimate of drug-likeness (QED) is 0.155. The molecule has 0 saturated carbocycles. The van der Waals surface area contributed by atoms with Gasteiger partial charge in [-0.1, -0.05) is 95.7 Å². The molecule has 7 rings (SSSR count). The number of para-hydroxylation sites is 1. The maximum atomic E-state index is 14.5. The first-order chi connectivity index (χ1) is 23.4. The first-order valence-corrected chi connectivity index (χ1v) is 17.0. The smallest absolute Gasteiger partial charge is 0.338 e. The molecule has 3 heterocycles. The van der Waals surface area contributed by atoms with Crippen molar-refractivity contribution >= 4 is 51.6 Å². The lowest BCUT2D eigenvalue weighted by Crippen LogP contribution is -2.40. The zero-order valence-electron chi connectivity index (χ0n) is 26.4. The monoisotopic (exact) mass is 673 g/mol. The maximum Gasteiger partial charge on any atom is 0.338 e. The molecule has 0 fully saturated rings. The summed E-state index contributed by atoms with van der Waals surface area (Å²) in [5, 5.41) is 1.70. The maximum absolute atomic E-state index is 14.5. The summed E-state index contributed by atoms with van der Waals surface area (Å²) in [6, 6.07) is 32.2. The summed E-state index contributed by atoms with van der Waals surface area (Å²) in [6.07, 6.45) is 3.99. The molecule has 240 valence electrons. The number of nitrogens with zero attached hydrogens (tertiary/aromatic N) is 3. The molecule has 2 aromatic heterocycles. The number of aromatic nitrogens is 2. The lowest BCUT2D eigenvalue weighted by Gasteiger charge is -2.26. The van der Waals surface area contributed by atoms with Crippen molar-refractivity contribution < 1.29 is 14.3 Å². The third-order valence-electron chi connectivity index (χ3n) is 8.23. The highest BCUT2D eigenvalue weighted by atomic mass is 35.5. The van der Waals surface area contributed by atoms with Crippen LogP contribution in [0.15, 0.2) is 125 Å². The molecule has 7 nitrogen and oxygen atoms in total. The molecule has 6 aromatic rings. The zero-order chi connectivity index (χ0) is 33.2. The fourth-order valence-corrected chi connectivity index (χ4v) is 7.37. The second-order valence-electron chi connectivity index (χ2n) is 11.3. The average Bonchev–Trinajstić information content (AvgIpc) is 3.61. The third kappa shape index (κ3) is 6.01. The van der Waals surface area contributed by atoms with E-state index in [-0.39, 0.29) is 12.2 Å². The lowest BCUT2D eigenvalue weighted by molar-refractivity contribution is -0.138. The van der Waals surface area contributed by atoms with E-state index >= 15 is 0 Å². The van der Waals surface area contributed by atoms with E-state index < -0.39 is 12.0 Å². The molecule has 0 aliphatic carbocycles. The predicted molar refractivity (Wildman–Crippen MR) is 191 cm³/mol. The Bertz CT molecular complexity index is 2350. The van der Waals surface area contributed by atoms with E-state index in [4.69, 9.17) is 26.1 Å². The number of halogens is 1.